The van der Waals surface area contributed by atoms with Crippen molar-refractivity contribution in [3.05, 3.63) is 11.1 Å². The first kappa shape index (κ1) is 9.86. The molecule has 0 aromatic carbocycles. The first-order valence-electron chi connectivity index (χ1n) is 4.37. The fourth-order valence-corrected chi connectivity index (χ4v) is 1.95. The van der Waals surface area contributed by atoms with Crippen LogP contribution in [0.3, 0.4) is 0 Å². The average Bonchev–Trinajstić information content (AvgIpc) is 2.78. The van der Waals surface area contributed by atoms with Crippen molar-refractivity contribution < 1.29 is 4.79 Å². The van der Waals surface area contributed by atoms with Gasteiger partial charge in [0.05, 0.1) is 0 Å². The minimum absolute atomic E-state index is 0.153. The second kappa shape index (κ2) is 3.82. The second-order valence-corrected chi connectivity index (χ2v) is 4.48. The van der Waals surface area contributed by atoms with Crippen LogP contribution in [-0.4, -0.2) is 27.9 Å². The number of amides is 1. The van der Waals surface area contributed by atoms with E-state index in [2.05, 4.69) is 14.9 Å². The van der Waals surface area contributed by atoms with Crippen LogP contribution in [0.1, 0.15) is 23.3 Å². The van der Waals surface area contributed by atoms with E-state index in [1.165, 1.54) is 11.5 Å². The van der Waals surface area contributed by atoms with Gasteiger partial charge in [0.15, 0.2) is 5.69 Å². The Labute approximate surface area is 90.8 Å². The maximum Gasteiger partial charge on any atom is 0.272 e. The largest absolute Gasteiger partial charge is 0.350 e. The molecular formula is C8H10ClN3OS. The highest BCUT2D eigenvalue weighted by Crippen LogP contribution is 2.45. The van der Waals surface area contributed by atoms with Gasteiger partial charge in [-0.3, -0.25) is 4.79 Å². The maximum atomic E-state index is 11.4. The molecule has 14 heavy (non-hydrogen) atoms. The minimum atomic E-state index is -0.157. The number of carbonyl (C=O) groups is 1. The number of hydrogen-bond acceptors (Lipinski definition) is 4. The summed E-state index contributed by atoms with van der Waals surface area (Å²) >= 11 is 6.96. The number of nitrogens with one attached hydrogen (secondary N) is 1. The summed E-state index contributed by atoms with van der Waals surface area (Å²) in [5.74, 6) is 0.456. The summed E-state index contributed by atoms with van der Waals surface area (Å²) in [7, 11) is 0. The zero-order valence-electron chi connectivity index (χ0n) is 7.49. The van der Waals surface area contributed by atoms with E-state index in [9.17, 15) is 4.79 Å². The highest BCUT2D eigenvalue weighted by Gasteiger charge is 2.41. The lowest BCUT2D eigenvalue weighted by Gasteiger charge is -2.10. The summed E-state index contributed by atoms with van der Waals surface area (Å²) in [6.07, 6.45) is 2.21. The van der Waals surface area contributed by atoms with Crippen LogP contribution in [0, 0.1) is 5.41 Å². The summed E-state index contributed by atoms with van der Waals surface area (Å²) in [4.78, 5) is 11.4. The Bertz CT molecular complexity index is 323. The Morgan fingerprint density at radius 3 is 3.00 bits per heavy atom. The SMILES string of the molecule is O=C(NCC1(CCl)CC1)c1csnn1. The smallest absolute Gasteiger partial charge is 0.272 e. The van der Waals surface area contributed by atoms with Gasteiger partial charge in [0, 0.05) is 23.2 Å². The molecular weight excluding hydrogens is 222 g/mol. The van der Waals surface area contributed by atoms with Crippen molar-refractivity contribution in [2.75, 3.05) is 12.4 Å². The maximum absolute atomic E-state index is 11.4. The lowest BCUT2D eigenvalue weighted by atomic mass is 10.1. The van der Waals surface area contributed by atoms with Crippen LogP contribution in [0.2, 0.25) is 0 Å². The van der Waals surface area contributed by atoms with E-state index in [0.29, 0.717) is 18.1 Å². The number of halogens is 1. The topological polar surface area (TPSA) is 54.9 Å². The number of aromatic nitrogens is 2. The van der Waals surface area contributed by atoms with Crippen molar-refractivity contribution in [2.24, 2.45) is 5.41 Å². The summed E-state index contributed by atoms with van der Waals surface area (Å²) in [6.45, 7) is 0.646. The van der Waals surface area contributed by atoms with Gasteiger partial charge < -0.3 is 5.32 Å². The Morgan fingerprint density at radius 2 is 2.50 bits per heavy atom. The van der Waals surface area contributed by atoms with Crippen molar-refractivity contribution in [3.63, 3.8) is 0 Å². The summed E-state index contributed by atoms with van der Waals surface area (Å²) < 4.78 is 3.63. The predicted octanol–water partition coefficient (Wildman–Crippen LogP) is 1.29. The van der Waals surface area contributed by atoms with Gasteiger partial charge in [-0.2, -0.15) is 0 Å². The molecule has 1 aromatic heterocycles. The lowest BCUT2D eigenvalue weighted by Crippen LogP contribution is -2.31. The van der Waals surface area contributed by atoms with Crippen molar-refractivity contribution >= 4 is 29.0 Å². The van der Waals surface area contributed by atoms with Gasteiger partial charge in [-0.05, 0) is 24.4 Å². The molecule has 4 nitrogen and oxygen atoms in total. The molecule has 1 heterocycles. The fourth-order valence-electron chi connectivity index (χ4n) is 1.16. The van der Waals surface area contributed by atoms with Gasteiger partial charge in [0.25, 0.3) is 5.91 Å². The minimum Gasteiger partial charge on any atom is -0.350 e. The van der Waals surface area contributed by atoms with Crippen LogP contribution in [0.4, 0.5) is 0 Å². The summed E-state index contributed by atoms with van der Waals surface area (Å²) in [5.41, 5.74) is 0.543. The number of alkyl halides is 1. The van der Waals surface area contributed by atoms with E-state index in [4.69, 9.17) is 11.6 Å². The van der Waals surface area contributed by atoms with Gasteiger partial charge in [0.1, 0.15) is 0 Å². The molecule has 0 spiro atoms. The van der Waals surface area contributed by atoms with Gasteiger partial charge in [0.2, 0.25) is 0 Å². The van der Waals surface area contributed by atoms with Crippen LogP contribution in [0.15, 0.2) is 5.38 Å². The number of nitrogens with zero attached hydrogens (tertiary/aromatic N) is 2. The van der Waals surface area contributed by atoms with Crippen LogP contribution < -0.4 is 5.32 Å². The molecule has 0 radical (unpaired) electrons. The third kappa shape index (κ3) is 2.04. The van der Waals surface area contributed by atoms with Crippen LogP contribution in [0.25, 0.3) is 0 Å². The number of rotatable bonds is 4. The highest BCUT2D eigenvalue weighted by molar-refractivity contribution is 7.03. The van der Waals surface area contributed by atoms with E-state index in [0.717, 1.165) is 12.8 Å². The zero-order valence-corrected chi connectivity index (χ0v) is 9.07. The Morgan fingerprint density at radius 1 is 1.71 bits per heavy atom. The third-order valence-corrected chi connectivity index (χ3v) is 3.53. The second-order valence-electron chi connectivity index (χ2n) is 3.61. The molecule has 1 amide bonds. The number of carbonyl (C=O) groups excluding carboxylic acids is 1. The summed E-state index contributed by atoms with van der Waals surface area (Å²) in [6, 6.07) is 0. The van der Waals surface area contributed by atoms with Crippen molar-refractivity contribution in [3.8, 4) is 0 Å². The monoisotopic (exact) mass is 231 g/mol. The molecule has 0 aliphatic heterocycles. The van der Waals surface area contributed by atoms with Crippen LogP contribution >= 0.6 is 23.1 Å². The van der Waals surface area contributed by atoms with Crippen molar-refractivity contribution in [1.29, 1.82) is 0 Å². The van der Waals surface area contributed by atoms with E-state index < -0.39 is 0 Å². The first-order valence-corrected chi connectivity index (χ1v) is 5.74. The van der Waals surface area contributed by atoms with E-state index in [-0.39, 0.29) is 11.3 Å². The van der Waals surface area contributed by atoms with E-state index in [1.807, 2.05) is 0 Å². The van der Waals surface area contributed by atoms with Crippen molar-refractivity contribution in [2.45, 2.75) is 12.8 Å². The quantitative estimate of drug-likeness (QED) is 0.795. The predicted molar refractivity (Wildman–Crippen MR) is 54.6 cm³/mol. The van der Waals surface area contributed by atoms with Gasteiger partial charge in [-0.25, -0.2) is 0 Å². The first-order chi connectivity index (χ1) is 6.76. The average molecular weight is 232 g/mol. The molecule has 2 rings (SSSR count). The van der Waals surface area contributed by atoms with E-state index >= 15 is 0 Å². The zero-order chi connectivity index (χ0) is 10.0. The van der Waals surface area contributed by atoms with Gasteiger partial charge in [-0.1, -0.05) is 4.49 Å². The molecule has 0 unspecified atom stereocenters. The van der Waals surface area contributed by atoms with Crippen molar-refractivity contribution in [1.82, 2.24) is 14.9 Å². The molecule has 1 aliphatic rings. The highest BCUT2D eigenvalue weighted by atomic mass is 35.5. The fraction of sp³-hybridized carbons (Fsp3) is 0.625. The van der Waals surface area contributed by atoms with E-state index in [1.54, 1.807) is 5.38 Å². The molecule has 1 aromatic rings. The molecule has 1 N–H and O–H groups in total. The Balaban J connectivity index is 1.84. The molecule has 1 aliphatic carbocycles. The summed E-state index contributed by atoms with van der Waals surface area (Å²) in [5, 5.41) is 8.14. The van der Waals surface area contributed by atoms with Gasteiger partial charge >= 0.3 is 0 Å². The van der Waals surface area contributed by atoms with Crippen LogP contribution in [-0.2, 0) is 0 Å². The third-order valence-electron chi connectivity index (χ3n) is 2.46. The Kier molecular flexibility index (Phi) is 2.69. The van der Waals surface area contributed by atoms with Gasteiger partial charge in [-0.15, -0.1) is 16.7 Å². The molecule has 0 bridgehead atoms. The molecule has 0 saturated heterocycles. The molecule has 76 valence electrons. The molecule has 1 saturated carbocycles. The molecule has 0 atom stereocenters. The normalized spacial score (nSPS) is 17.8. The Hall–Kier alpha value is -0.680. The lowest BCUT2D eigenvalue weighted by molar-refractivity contribution is 0.0941. The molecule has 6 heteroatoms. The van der Waals surface area contributed by atoms with Crippen LogP contribution in [0.5, 0.6) is 0 Å². The number of hydrogen-bond donors (Lipinski definition) is 1. The molecule has 1 fully saturated rings. The standard InChI is InChI=1S/C8H10ClN3OS/c9-4-8(1-2-8)5-10-7(13)6-3-14-12-11-6/h3H,1-2,4-5H2,(H,10,13).